The van der Waals surface area contributed by atoms with Gasteiger partial charge in [0.2, 0.25) is 17.8 Å². The maximum Gasteiger partial charge on any atom is 0.264 e. The Labute approximate surface area is 209 Å². The van der Waals surface area contributed by atoms with Crippen LogP contribution in [0.25, 0.3) is 0 Å². The molecule has 4 rings (SSSR count). The second-order valence-corrected chi connectivity index (χ2v) is 10.8. The second-order valence-electron chi connectivity index (χ2n) is 9.14. The number of aryl methyl sites for hydroxylation is 2. The van der Waals surface area contributed by atoms with Gasteiger partial charge in [-0.05, 0) is 57.0 Å². The Kier molecular flexibility index (Phi) is 7.11. The molecule has 1 fully saturated rings. The van der Waals surface area contributed by atoms with E-state index in [4.69, 9.17) is 5.73 Å². The van der Waals surface area contributed by atoms with Crippen molar-refractivity contribution >= 4 is 39.4 Å². The van der Waals surface area contributed by atoms with Crippen molar-refractivity contribution in [2.24, 2.45) is 10.7 Å². The van der Waals surface area contributed by atoms with Crippen LogP contribution in [0.5, 0.6) is 0 Å². The molecule has 2 amide bonds. The molecular formula is C23H30N8O4S. The van der Waals surface area contributed by atoms with Gasteiger partial charge in [0.25, 0.3) is 10.0 Å². The van der Waals surface area contributed by atoms with E-state index in [0.717, 1.165) is 12.8 Å². The molecular weight excluding hydrogens is 484 g/mol. The van der Waals surface area contributed by atoms with Crippen molar-refractivity contribution in [2.75, 3.05) is 29.7 Å². The van der Waals surface area contributed by atoms with Gasteiger partial charge in [-0.25, -0.2) is 23.1 Å². The van der Waals surface area contributed by atoms with Crippen LogP contribution in [0.3, 0.4) is 0 Å². The predicted molar refractivity (Wildman–Crippen MR) is 135 cm³/mol. The van der Waals surface area contributed by atoms with Crippen LogP contribution in [0.15, 0.2) is 40.2 Å². The van der Waals surface area contributed by atoms with E-state index in [2.05, 4.69) is 30.3 Å². The van der Waals surface area contributed by atoms with E-state index in [1.54, 1.807) is 24.8 Å². The van der Waals surface area contributed by atoms with E-state index in [1.165, 1.54) is 24.3 Å². The molecule has 0 bridgehead atoms. The number of aromatic nitrogens is 2. The number of nitrogens with two attached hydrogens (primary N) is 1. The number of carbonyl (C=O) groups excluding carboxylic acids is 2. The highest BCUT2D eigenvalue weighted by Gasteiger charge is 2.38. The maximum absolute atomic E-state index is 12.6. The molecule has 2 aliphatic rings. The number of nitrogens with one attached hydrogen (secondary N) is 3. The molecule has 1 aromatic heterocycles. The van der Waals surface area contributed by atoms with Crippen molar-refractivity contribution in [1.29, 1.82) is 0 Å². The van der Waals surface area contributed by atoms with E-state index in [-0.39, 0.29) is 41.0 Å². The number of nitrogens with zero attached hydrogens (tertiary/aromatic N) is 4. The van der Waals surface area contributed by atoms with Crippen LogP contribution in [0.1, 0.15) is 37.1 Å². The molecule has 1 spiro atoms. The summed E-state index contributed by atoms with van der Waals surface area (Å²) >= 11 is 0. The number of benzene rings is 1. The fourth-order valence-electron chi connectivity index (χ4n) is 4.32. The Morgan fingerprint density at radius 1 is 1.08 bits per heavy atom. The number of anilines is 2. The molecule has 0 atom stereocenters. The Hall–Kier alpha value is -3.74. The lowest BCUT2D eigenvalue weighted by Crippen LogP contribution is -2.55. The molecule has 0 radical (unpaired) electrons. The topological polar surface area (TPSA) is 172 Å². The highest BCUT2D eigenvalue weighted by molar-refractivity contribution is 7.92. The van der Waals surface area contributed by atoms with Gasteiger partial charge in [0.15, 0.2) is 5.96 Å². The van der Waals surface area contributed by atoms with Crippen LogP contribution in [-0.4, -0.2) is 66.2 Å². The minimum atomic E-state index is -3.89. The van der Waals surface area contributed by atoms with Gasteiger partial charge < -0.3 is 21.3 Å². The second kappa shape index (κ2) is 10.1. The third-order valence-electron chi connectivity index (χ3n) is 6.24. The van der Waals surface area contributed by atoms with Crippen LogP contribution in [0.2, 0.25) is 0 Å². The Bertz CT molecular complexity index is 1270. The number of guanidine groups is 1. The summed E-state index contributed by atoms with van der Waals surface area (Å²) in [6, 6.07) is 7.47. The first-order valence-corrected chi connectivity index (χ1v) is 13.1. The number of aliphatic imine (C=N–C) groups is 1. The smallest absolute Gasteiger partial charge is 0.264 e. The van der Waals surface area contributed by atoms with Crippen LogP contribution in [0, 0.1) is 13.8 Å². The average Bonchev–Trinajstić information content (AvgIpc) is 3.17. The Morgan fingerprint density at radius 3 is 2.31 bits per heavy atom. The van der Waals surface area contributed by atoms with Crippen LogP contribution in [-0.2, 0) is 19.6 Å². The zero-order chi connectivity index (χ0) is 25.9. The van der Waals surface area contributed by atoms with Crippen molar-refractivity contribution in [3.05, 3.63) is 41.7 Å². The number of piperidine rings is 1. The molecule has 0 aliphatic carbocycles. The van der Waals surface area contributed by atoms with Gasteiger partial charge in [-0.2, -0.15) is 0 Å². The lowest BCUT2D eigenvalue weighted by molar-refractivity contribution is -0.134. The summed E-state index contributed by atoms with van der Waals surface area (Å²) in [5.41, 5.74) is 7.29. The van der Waals surface area contributed by atoms with E-state index >= 15 is 0 Å². The lowest BCUT2D eigenvalue weighted by Gasteiger charge is -2.39. The largest absolute Gasteiger partial charge is 0.370 e. The first-order chi connectivity index (χ1) is 17.0. The molecule has 36 heavy (non-hydrogen) atoms. The molecule has 0 saturated carbocycles. The molecule has 192 valence electrons. The van der Waals surface area contributed by atoms with E-state index in [9.17, 15) is 18.0 Å². The summed E-state index contributed by atoms with van der Waals surface area (Å²) in [5, 5.41) is 5.91. The Balaban J connectivity index is 1.25. The van der Waals surface area contributed by atoms with E-state index in [0.29, 0.717) is 42.7 Å². The van der Waals surface area contributed by atoms with Crippen LogP contribution in [0.4, 0.5) is 11.6 Å². The van der Waals surface area contributed by atoms with Crippen molar-refractivity contribution in [2.45, 2.75) is 50.0 Å². The fraction of sp³-hybridized carbons (Fsp3) is 0.435. The summed E-state index contributed by atoms with van der Waals surface area (Å²) in [4.78, 5) is 39.1. The standard InChI is InChI=1S/C23H30N8O4S/c1-15-13-16(2)27-22(26-15)30-36(34,35)18-5-3-17(4-6-18)28-19(32)7-8-20(33)31-11-9-23(10-12-31)14-25-21(24)29-23/h3-6,13H,7-12,14H2,1-2H3,(H,28,32)(H3,24,25,29)(H,26,27,30). The highest BCUT2D eigenvalue weighted by atomic mass is 32.2. The minimum Gasteiger partial charge on any atom is -0.370 e. The number of hydrogen-bond donors (Lipinski definition) is 4. The first-order valence-electron chi connectivity index (χ1n) is 11.6. The number of amides is 2. The molecule has 0 unspecified atom stereocenters. The van der Waals surface area contributed by atoms with Gasteiger partial charge in [0, 0.05) is 43.0 Å². The maximum atomic E-state index is 12.6. The molecule has 2 aliphatic heterocycles. The molecule has 1 aromatic carbocycles. The first kappa shape index (κ1) is 25.4. The Morgan fingerprint density at radius 2 is 1.72 bits per heavy atom. The molecule has 2 aromatic rings. The van der Waals surface area contributed by atoms with Crippen LogP contribution < -0.4 is 21.1 Å². The number of rotatable bonds is 7. The third kappa shape index (κ3) is 6.08. The molecule has 12 nitrogen and oxygen atoms in total. The molecule has 13 heteroatoms. The number of hydrogen-bond acceptors (Lipinski definition) is 9. The van der Waals surface area contributed by atoms with Crippen molar-refractivity contribution in [3.63, 3.8) is 0 Å². The number of sulfonamides is 1. The number of carbonyl (C=O) groups is 2. The van der Waals surface area contributed by atoms with E-state index < -0.39 is 10.0 Å². The monoisotopic (exact) mass is 514 g/mol. The molecule has 5 N–H and O–H groups in total. The van der Waals surface area contributed by atoms with E-state index in [1.807, 2.05) is 0 Å². The van der Waals surface area contributed by atoms with Crippen LogP contribution >= 0.6 is 0 Å². The van der Waals surface area contributed by atoms with Gasteiger partial charge in [-0.1, -0.05) is 0 Å². The summed E-state index contributed by atoms with van der Waals surface area (Å²) < 4.78 is 27.7. The van der Waals surface area contributed by atoms with Gasteiger partial charge in [-0.15, -0.1) is 0 Å². The van der Waals surface area contributed by atoms with Gasteiger partial charge in [0.1, 0.15) is 0 Å². The lowest BCUT2D eigenvalue weighted by atomic mass is 9.88. The van der Waals surface area contributed by atoms with Crippen molar-refractivity contribution < 1.29 is 18.0 Å². The minimum absolute atomic E-state index is 0.00427. The number of likely N-dealkylation sites (tertiary alicyclic amines) is 1. The fourth-order valence-corrected chi connectivity index (χ4v) is 5.27. The summed E-state index contributed by atoms with van der Waals surface area (Å²) in [5.74, 6) is 0.0416. The molecule has 3 heterocycles. The highest BCUT2D eigenvalue weighted by Crippen LogP contribution is 2.26. The zero-order valence-corrected chi connectivity index (χ0v) is 21.1. The summed E-state index contributed by atoms with van der Waals surface area (Å²) in [7, 11) is -3.89. The van der Waals surface area contributed by atoms with Gasteiger partial charge in [-0.3, -0.25) is 14.6 Å². The predicted octanol–water partition coefficient (Wildman–Crippen LogP) is 0.892. The molecule has 1 saturated heterocycles. The third-order valence-corrected chi connectivity index (χ3v) is 7.58. The summed E-state index contributed by atoms with van der Waals surface area (Å²) in [6.07, 6.45) is 1.64. The quantitative estimate of drug-likeness (QED) is 0.422. The van der Waals surface area contributed by atoms with Gasteiger partial charge >= 0.3 is 0 Å². The summed E-state index contributed by atoms with van der Waals surface area (Å²) in [6.45, 7) is 5.30. The zero-order valence-electron chi connectivity index (χ0n) is 20.2. The van der Waals surface area contributed by atoms with Crippen molar-refractivity contribution in [1.82, 2.24) is 20.2 Å². The average molecular weight is 515 g/mol. The van der Waals surface area contributed by atoms with Crippen molar-refractivity contribution in [3.8, 4) is 0 Å². The van der Waals surface area contributed by atoms with Gasteiger partial charge in [0.05, 0.1) is 17.0 Å². The normalized spacial score (nSPS) is 16.8. The SMILES string of the molecule is Cc1cc(C)nc(NS(=O)(=O)c2ccc(NC(=O)CCC(=O)N3CCC4(CC3)CN=C(N)N4)cc2)n1.